The predicted molar refractivity (Wildman–Crippen MR) is 70.9 cm³/mol. The zero-order valence-electron chi connectivity index (χ0n) is 9.34. The summed E-state index contributed by atoms with van der Waals surface area (Å²) in [7, 11) is 0. The summed E-state index contributed by atoms with van der Waals surface area (Å²) in [4.78, 5) is 11.3. The van der Waals surface area contributed by atoms with Gasteiger partial charge in [-0.3, -0.25) is 10.1 Å². The van der Waals surface area contributed by atoms with E-state index in [1.807, 2.05) is 17.5 Å². The molecule has 94 valence electrons. The number of hydrogen-bond acceptors (Lipinski definition) is 4. The SMILES string of the molecule is O=[N+]([O-])c1cc(COCc2cccs2)ccc1Cl. The van der Waals surface area contributed by atoms with Crippen molar-refractivity contribution in [1.29, 1.82) is 0 Å². The Bertz CT molecular complexity index is 542. The number of halogens is 1. The van der Waals surface area contributed by atoms with Crippen molar-refractivity contribution in [2.75, 3.05) is 0 Å². The van der Waals surface area contributed by atoms with Gasteiger partial charge in [0.05, 0.1) is 18.1 Å². The number of nitrogens with zero attached hydrogens (tertiary/aromatic N) is 1. The first kappa shape index (κ1) is 13.0. The normalized spacial score (nSPS) is 10.5. The van der Waals surface area contributed by atoms with Crippen molar-refractivity contribution >= 4 is 28.6 Å². The fraction of sp³-hybridized carbons (Fsp3) is 0.167. The zero-order chi connectivity index (χ0) is 13.0. The van der Waals surface area contributed by atoms with Crippen molar-refractivity contribution in [3.05, 3.63) is 61.3 Å². The fourth-order valence-electron chi connectivity index (χ4n) is 1.45. The lowest BCUT2D eigenvalue weighted by atomic mass is 10.2. The van der Waals surface area contributed by atoms with Crippen LogP contribution >= 0.6 is 22.9 Å². The van der Waals surface area contributed by atoms with Crippen molar-refractivity contribution in [3.8, 4) is 0 Å². The second-order valence-electron chi connectivity index (χ2n) is 3.62. The minimum Gasteiger partial charge on any atom is -0.371 e. The van der Waals surface area contributed by atoms with Gasteiger partial charge < -0.3 is 4.74 Å². The molecule has 0 aliphatic heterocycles. The smallest absolute Gasteiger partial charge is 0.288 e. The standard InChI is InChI=1S/C12H10ClNO3S/c13-11-4-3-9(6-12(11)14(15)16)7-17-8-10-2-1-5-18-10/h1-6H,7-8H2. The maximum absolute atomic E-state index is 10.7. The molecule has 0 amide bonds. The lowest BCUT2D eigenvalue weighted by Gasteiger charge is -2.03. The Balaban J connectivity index is 1.97. The Hall–Kier alpha value is -1.43. The van der Waals surface area contributed by atoms with Gasteiger partial charge in [0, 0.05) is 10.9 Å². The lowest BCUT2D eigenvalue weighted by Crippen LogP contribution is -1.95. The summed E-state index contributed by atoms with van der Waals surface area (Å²) in [5, 5.41) is 12.8. The van der Waals surface area contributed by atoms with Gasteiger partial charge in [0.15, 0.2) is 0 Å². The summed E-state index contributed by atoms with van der Waals surface area (Å²) in [5.41, 5.74) is 0.650. The average molecular weight is 284 g/mol. The molecule has 0 fully saturated rings. The summed E-state index contributed by atoms with van der Waals surface area (Å²) < 4.78 is 5.48. The van der Waals surface area contributed by atoms with Crippen LogP contribution in [0.2, 0.25) is 5.02 Å². The van der Waals surface area contributed by atoms with Crippen LogP contribution in [0.15, 0.2) is 35.7 Å². The summed E-state index contributed by atoms with van der Waals surface area (Å²) in [6.07, 6.45) is 0. The maximum atomic E-state index is 10.7. The molecule has 0 spiro atoms. The molecular weight excluding hydrogens is 274 g/mol. The van der Waals surface area contributed by atoms with E-state index in [1.165, 1.54) is 12.1 Å². The Morgan fingerprint density at radius 1 is 1.33 bits per heavy atom. The van der Waals surface area contributed by atoms with Gasteiger partial charge in [0.1, 0.15) is 5.02 Å². The quantitative estimate of drug-likeness (QED) is 0.615. The summed E-state index contributed by atoms with van der Waals surface area (Å²) in [5.74, 6) is 0. The van der Waals surface area contributed by atoms with E-state index in [0.29, 0.717) is 13.2 Å². The van der Waals surface area contributed by atoms with Crippen molar-refractivity contribution in [2.45, 2.75) is 13.2 Å². The Labute approximate surface area is 113 Å². The molecule has 1 heterocycles. The van der Waals surface area contributed by atoms with E-state index < -0.39 is 4.92 Å². The van der Waals surface area contributed by atoms with Crippen LogP contribution in [0.5, 0.6) is 0 Å². The Morgan fingerprint density at radius 2 is 2.17 bits per heavy atom. The molecule has 6 heteroatoms. The van der Waals surface area contributed by atoms with Crippen molar-refractivity contribution < 1.29 is 9.66 Å². The first-order valence-electron chi connectivity index (χ1n) is 5.20. The van der Waals surface area contributed by atoms with E-state index in [-0.39, 0.29) is 10.7 Å². The third-order valence-electron chi connectivity index (χ3n) is 2.30. The van der Waals surface area contributed by atoms with Gasteiger partial charge >= 0.3 is 0 Å². The van der Waals surface area contributed by atoms with E-state index in [4.69, 9.17) is 16.3 Å². The number of nitro groups is 1. The molecule has 2 aromatic rings. The van der Waals surface area contributed by atoms with Gasteiger partial charge in [0.25, 0.3) is 5.69 Å². The topological polar surface area (TPSA) is 52.4 Å². The number of benzene rings is 1. The van der Waals surface area contributed by atoms with E-state index in [9.17, 15) is 10.1 Å². The lowest BCUT2D eigenvalue weighted by molar-refractivity contribution is -0.384. The molecule has 0 saturated heterocycles. The molecular formula is C12H10ClNO3S. The van der Waals surface area contributed by atoms with Crippen LogP contribution in [0, 0.1) is 10.1 Å². The molecule has 0 unspecified atom stereocenters. The van der Waals surface area contributed by atoms with E-state index >= 15 is 0 Å². The monoisotopic (exact) mass is 283 g/mol. The number of rotatable bonds is 5. The minimum absolute atomic E-state index is 0.0890. The molecule has 1 aromatic carbocycles. The van der Waals surface area contributed by atoms with Crippen LogP contribution in [0.3, 0.4) is 0 Å². The van der Waals surface area contributed by atoms with Crippen LogP contribution in [0.4, 0.5) is 5.69 Å². The number of ether oxygens (including phenoxy) is 1. The first-order chi connectivity index (χ1) is 8.66. The molecule has 2 rings (SSSR count). The molecule has 0 radical (unpaired) electrons. The van der Waals surface area contributed by atoms with Gasteiger partial charge in [-0.1, -0.05) is 23.7 Å². The third-order valence-corrected chi connectivity index (χ3v) is 3.47. The van der Waals surface area contributed by atoms with Gasteiger partial charge in [-0.25, -0.2) is 0 Å². The highest BCUT2D eigenvalue weighted by atomic mass is 35.5. The van der Waals surface area contributed by atoms with Gasteiger partial charge in [-0.15, -0.1) is 11.3 Å². The van der Waals surface area contributed by atoms with Gasteiger partial charge in [-0.05, 0) is 23.1 Å². The van der Waals surface area contributed by atoms with E-state index in [2.05, 4.69) is 0 Å². The summed E-state index contributed by atoms with van der Waals surface area (Å²) in [6.45, 7) is 0.837. The average Bonchev–Trinajstić information content (AvgIpc) is 2.84. The molecule has 0 atom stereocenters. The second kappa shape index (κ2) is 5.95. The molecule has 4 nitrogen and oxygen atoms in total. The van der Waals surface area contributed by atoms with Gasteiger partial charge in [0.2, 0.25) is 0 Å². The highest BCUT2D eigenvalue weighted by molar-refractivity contribution is 7.09. The fourth-order valence-corrected chi connectivity index (χ4v) is 2.28. The highest BCUT2D eigenvalue weighted by Crippen LogP contribution is 2.25. The largest absolute Gasteiger partial charge is 0.371 e. The first-order valence-corrected chi connectivity index (χ1v) is 6.45. The molecule has 0 N–H and O–H groups in total. The molecule has 0 aliphatic rings. The molecule has 0 bridgehead atoms. The summed E-state index contributed by atoms with van der Waals surface area (Å²) >= 11 is 7.34. The van der Waals surface area contributed by atoms with E-state index in [0.717, 1.165) is 10.4 Å². The van der Waals surface area contributed by atoms with Crippen LogP contribution < -0.4 is 0 Å². The Kier molecular flexibility index (Phi) is 4.30. The molecule has 1 aromatic heterocycles. The molecule has 0 aliphatic carbocycles. The number of nitro benzene ring substituents is 1. The summed E-state index contributed by atoms with van der Waals surface area (Å²) in [6, 6.07) is 8.62. The molecule has 18 heavy (non-hydrogen) atoms. The minimum atomic E-state index is -0.495. The Morgan fingerprint density at radius 3 is 2.83 bits per heavy atom. The van der Waals surface area contributed by atoms with E-state index in [1.54, 1.807) is 17.4 Å². The van der Waals surface area contributed by atoms with Gasteiger partial charge in [-0.2, -0.15) is 0 Å². The van der Waals surface area contributed by atoms with Crippen LogP contribution in [0.25, 0.3) is 0 Å². The zero-order valence-corrected chi connectivity index (χ0v) is 10.9. The van der Waals surface area contributed by atoms with Crippen LogP contribution in [-0.2, 0) is 18.0 Å². The van der Waals surface area contributed by atoms with Crippen molar-refractivity contribution in [2.24, 2.45) is 0 Å². The second-order valence-corrected chi connectivity index (χ2v) is 5.05. The number of hydrogen-bond donors (Lipinski definition) is 0. The predicted octanol–water partition coefficient (Wildman–Crippen LogP) is 4.03. The molecule has 0 saturated carbocycles. The third kappa shape index (κ3) is 3.29. The highest BCUT2D eigenvalue weighted by Gasteiger charge is 2.12. The maximum Gasteiger partial charge on any atom is 0.288 e. The van der Waals surface area contributed by atoms with Crippen LogP contribution in [0.1, 0.15) is 10.4 Å². The number of thiophene rings is 1. The van der Waals surface area contributed by atoms with Crippen LogP contribution in [-0.4, -0.2) is 4.92 Å². The van der Waals surface area contributed by atoms with Crippen molar-refractivity contribution in [3.63, 3.8) is 0 Å². The van der Waals surface area contributed by atoms with Crippen molar-refractivity contribution in [1.82, 2.24) is 0 Å².